The molecule has 0 radical (unpaired) electrons. The number of benzene rings is 2. The van der Waals surface area contributed by atoms with Crippen LogP contribution < -0.4 is 10.1 Å². The fourth-order valence-electron chi connectivity index (χ4n) is 1.62. The Labute approximate surface area is 124 Å². The lowest BCUT2D eigenvalue weighted by Gasteiger charge is -2.07. The third-order valence-electron chi connectivity index (χ3n) is 2.58. The van der Waals surface area contributed by atoms with Crippen molar-refractivity contribution in [3.63, 3.8) is 0 Å². The van der Waals surface area contributed by atoms with Crippen LogP contribution in [0.4, 0.5) is 10.1 Å². The molecule has 5 heteroatoms. The Kier molecular flexibility index (Phi) is 5.12. The average molecular weight is 338 g/mol. The molecule has 2 aromatic carbocycles. The first-order chi connectivity index (χ1) is 9.70. The van der Waals surface area contributed by atoms with Gasteiger partial charge in [0.25, 0.3) is 5.91 Å². The van der Waals surface area contributed by atoms with Gasteiger partial charge in [0.05, 0.1) is 12.3 Å². The highest BCUT2D eigenvalue weighted by Crippen LogP contribution is 2.16. The molecule has 0 saturated heterocycles. The maximum atomic E-state index is 13.4. The number of hydrogen-bond donors (Lipinski definition) is 1. The molecule has 0 heterocycles. The van der Waals surface area contributed by atoms with Crippen LogP contribution in [0.1, 0.15) is 10.4 Å². The summed E-state index contributed by atoms with van der Waals surface area (Å²) in [6.07, 6.45) is 0. The van der Waals surface area contributed by atoms with E-state index in [1.807, 2.05) is 0 Å². The zero-order chi connectivity index (χ0) is 14.4. The molecule has 0 spiro atoms. The standard InChI is InChI=1S/C15H13BrFNO2/c16-9-10-20-12-7-5-11(6-8-12)15(19)18-14-4-2-1-3-13(14)17/h1-8H,9-10H2,(H,18,19). The van der Waals surface area contributed by atoms with Crippen molar-refractivity contribution in [3.8, 4) is 5.75 Å². The highest BCUT2D eigenvalue weighted by Gasteiger charge is 2.08. The molecule has 1 N–H and O–H groups in total. The molecule has 0 atom stereocenters. The predicted octanol–water partition coefficient (Wildman–Crippen LogP) is 3.85. The van der Waals surface area contributed by atoms with Crippen LogP contribution in [0.5, 0.6) is 5.75 Å². The van der Waals surface area contributed by atoms with Gasteiger partial charge < -0.3 is 10.1 Å². The van der Waals surface area contributed by atoms with Crippen LogP contribution in [0.2, 0.25) is 0 Å². The number of carbonyl (C=O) groups excluding carboxylic acids is 1. The summed E-state index contributed by atoms with van der Waals surface area (Å²) < 4.78 is 18.8. The van der Waals surface area contributed by atoms with E-state index in [-0.39, 0.29) is 11.6 Å². The molecule has 0 aliphatic carbocycles. The van der Waals surface area contributed by atoms with E-state index in [4.69, 9.17) is 4.74 Å². The van der Waals surface area contributed by atoms with Gasteiger partial charge in [-0.2, -0.15) is 0 Å². The molecule has 2 aromatic rings. The fraction of sp³-hybridized carbons (Fsp3) is 0.133. The van der Waals surface area contributed by atoms with Gasteiger partial charge in [-0.3, -0.25) is 4.79 Å². The van der Waals surface area contributed by atoms with E-state index >= 15 is 0 Å². The minimum absolute atomic E-state index is 0.164. The lowest BCUT2D eigenvalue weighted by Crippen LogP contribution is -2.12. The number of nitrogens with one attached hydrogen (secondary N) is 1. The quantitative estimate of drug-likeness (QED) is 0.841. The van der Waals surface area contributed by atoms with Gasteiger partial charge >= 0.3 is 0 Å². The summed E-state index contributed by atoms with van der Waals surface area (Å²) >= 11 is 3.26. The number of ether oxygens (including phenoxy) is 1. The van der Waals surface area contributed by atoms with Crippen molar-refractivity contribution in [2.75, 3.05) is 17.3 Å². The van der Waals surface area contributed by atoms with Gasteiger partial charge in [-0.1, -0.05) is 28.1 Å². The van der Waals surface area contributed by atoms with Crippen LogP contribution in [0.25, 0.3) is 0 Å². The summed E-state index contributed by atoms with van der Waals surface area (Å²) in [7, 11) is 0. The number of para-hydroxylation sites is 1. The Morgan fingerprint density at radius 2 is 1.85 bits per heavy atom. The first kappa shape index (κ1) is 14.5. The van der Waals surface area contributed by atoms with Gasteiger partial charge in [-0.25, -0.2) is 4.39 Å². The van der Waals surface area contributed by atoms with Gasteiger partial charge in [-0.15, -0.1) is 0 Å². The highest BCUT2D eigenvalue weighted by atomic mass is 79.9. The number of carbonyl (C=O) groups is 1. The first-order valence-electron chi connectivity index (χ1n) is 6.05. The van der Waals surface area contributed by atoms with Crippen LogP contribution in [0, 0.1) is 5.82 Å². The molecule has 0 saturated carbocycles. The molecule has 0 fully saturated rings. The molecular formula is C15H13BrFNO2. The third kappa shape index (κ3) is 3.81. The summed E-state index contributed by atoms with van der Waals surface area (Å²) in [5, 5.41) is 3.27. The topological polar surface area (TPSA) is 38.3 Å². The minimum Gasteiger partial charge on any atom is -0.493 e. The second-order valence-corrected chi connectivity index (χ2v) is 4.79. The van der Waals surface area contributed by atoms with E-state index in [0.717, 1.165) is 5.33 Å². The molecule has 1 amide bonds. The zero-order valence-electron chi connectivity index (χ0n) is 10.6. The Hall–Kier alpha value is -1.88. The molecule has 20 heavy (non-hydrogen) atoms. The molecule has 2 rings (SSSR count). The van der Waals surface area contributed by atoms with Crippen molar-refractivity contribution in [2.45, 2.75) is 0 Å². The highest BCUT2D eigenvalue weighted by molar-refractivity contribution is 9.09. The Balaban J connectivity index is 2.04. The molecule has 0 unspecified atom stereocenters. The van der Waals surface area contributed by atoms with E-state index in [9.17, 15) is 9.18 Å². The zero-order valence-corrected chi connectivity index (χ0v) is 12.2. The number of rotatable bonds is 5. The number of halogens is 2. The Morgan fingerprint density at radius 1 is 1.15 bits per heavy atom. The third-order valence-corrected chi connectivity index (χ3v) is 2.91. The minimum atomic E-state index is -0.460. The average Bonchev–Trinajstić information content (AvgIpc) is 2.48. The number of anilines is 1. The SMILES string of the molecule is O=C(Nc1ccccc1F)c1ccc(OCCBr)cc1. The van der Waals surface area contributed by atoms with Gasteiger partial charge in [0.1, 0.15) is 11.6 Å². The number of hydrogen-bond acceptors (Lipinski definition) is 2. The normalized spacial score (nSPS) is 10.1. The van der Waals surface area contributed by atoms with Crippen molar-refractivity contribution < 1.29 is 13.9 Å². The fourth-order valence-corrected chi connectivity index (χ4v) is 1.78. The summed E-state index contributed by atoms with van der Waals surface area (Å²) in [4.78, 5) is 12.0. The number of amides is 1. The van der Waals surface area contributed by atoms with Gasteiger partial charge in [0.15, 0.2) is 0 Å². The van der Waals surface area contributed by atoms with Crippen LogP contribution in [-0.4, -0.2) is 17.8 Å². The van der Waals surface area contributed by atoms with Gasteiger partial charge in [0.2, 0.25) is 0 Å². The van der Waals surface area contributed by atoms with E-state index in [0.29, 0.717) is 17.9 Å². The lowest BCUT2D eigenvalue weighted by molar-refractivity contribution is 0.102. The second-order valence-electron chi connectivity index (χ2n) is 4.00. The van der Waals surface area contributed by atoms with Crippen LogP contribution in [0.15, 0.2) is 48.5 Å². The molecule has 3 nitrogen and oxygen atoms in total. The largest absolute Gasteiger partial charge is 0.493 e. The monoisotopic (exact) mass is 337 g/mol. The number of alkyl halides is 1. The molecule has 0 aromatic heterocycles. The molecule has 0 aliphatic heterocycles. The van der Waals surface area contributed by atoms with E-state index < -0.39 is 5.82 Å². The van der Waals surface area contributed by atoms with E-state index in [2.05, 4.69) is 21.2 Å². The molecular weight excluding hydrogens is 325 g/mol. The smallest absolute Gasteiger partial charge is 0.255 e. The van der Waals surface area contributed by atoms with E-state index in [1.165, 1.54) is 12.1 Å². The summed E-state index contributed by atoms with van der Waals surface area (Å²) in [6, 6.07) is 12.7. The van der Waals surface area contributed by atoms with Gasteiger partial charge in [0, 0.05) is 10.9 Å². The second kappa shape index (κ2) is 7.05. The van der Waals surface area contributed by atoms with Gasteiger partial charge in [-0.05, 0) is 36.4 Å². The van der Waals surface area contributed by atoms with Crippen molar-refractivity contribution in [1.29, 1.82) is 0 Å². The van der Waals surface area contributed by atoms with Crippen molar-refractivity contribution in [3.05, 3.63) is 59.9 Å². The maximum Gasteiger partial charge on any atom is 0.255 e. The summed E-state index contributed by atoms with van der Waals surface area (Å²) in [6.45, 7) is 0.556. The molecule has 104 valence electrons. The van der Waals surface area contributed by atoms with Crippen LogP contribution in [-0.2, 0) is 0 Å². The van der Waals surface area contributed by atoms with Crippen molar-refractivity contribution in [1.82, 2.24) is 0 Å². The van der Waals surface area contributed by atoms with Crippen molar-refractivity contribution >= 4 is 27.5 Å². The molecule has 0 bridgehead atoms. The van der Waals surface area contributed by atoms with Crippen molar-refractivity contribution in [2.24, 2.45) is 0 Å². The Morgan fingerprint density at radius 3 is 2.50 bits per heavy atom. The van der Waals surface area contributed by atoms with Crippen LogP contribution >= 0.6 is 15.9 Å². The van der Waals surface area contributed by atoms with E-state index in [1.54, 1.807) is 36.4 Å². The predicted molar refractivity (Wildman–Crippen MR) is 80.1 cm³/mol. The van der Waals surface area contributed by atoms with Crippen LogP contribution in [0.3, 0.4) is 0 Å². The lowest BCUT2D eigenvalue weighted by atomic mass is 10.2. The first-order valence-corrected chi connectivity index (χ1v) is 7.17. The summed E-state index contributed by atoms with van der Waals surface area (Å²) in [5.74, 6) is -0.132. The maximum absolute atomic E-state index is 13.4. The Bertz CT molecular complexity index is 587. The molecule has 0 aliphatic rings. The summed E-state index contributed by atoms with van der Waals surface area (Å²) in [5.41, 5.74) is 0.608.